The first-order chi connectivity index (χ1) is 16.1. The van der Waals surface area contributed by atoms with Crippen LogP contribution in [-0.4, -0.2) is 40.5 Å². The Morgan fingerprint density at radius 1 is 1.12 bits per heavy atom. The summed E-state index contributed by atoms with van der Waals surface area (Å²) in [4.78, 5) is 16.8. The lowest BCUT2D eigenvalue weighted by molar-refractivity contribution is 0.0407. The molecule has 184 valence electrons. The number of nitrogens with one attached hydrogen (secondary N) is 1. The predicted octanol–water partition coefficient (Wildman–Crippen LogP) is 5.88. The van der Waals surface area contributed by atoms with Gasteiger partial charge in [0.1, 0.15) is 16.9 Å². The first-order valence-electron chi connectivity index (χ1n) is 11.9. The van der Waals surface area contributed by atoms with E-state index in [4.69, 9.17) is 13.9 Å². The number of oxazole rings is 1. The van der Waals surface area contributed by atoms with Crippen LogP contribution in [0.2, 0.25) is 0 Å². The number of carbonyl (C=O) groups excluding carboxylic acids is 1. The summed E-state index contributed by atoms with van der Waals surface area (Å²) in [6.07, 6.45) is 2.78. The fraction of sp³-hybridized carbons (Fsp3) is 0.481. The Hall–Kier alpha value is -3.06. The van der Waals surface area contributed by atoms with Crippen molar-refractivity contribution in [3.63, 3.8) is 0 Å². The number of benzene rings is 2. The maximum Gasteiger partial charge on any atom is 0.408 e. The normalized spacial score (nSPS) is 13.5. The second kappa shape index (κ2) is 10.9. The molecule has 0 aliphatic carbocycles. The number of hydrogen-bond acceptors (Lipinski definition) is 6. The van der Waals surface area contributed by atoms with Crippen LogP contribution in [0.1, 0.15) is 59.4 Å². The summed E-state index contributed by atoms with van der Waals surface area (Å²) in [5, 5.41) is 12.7. The van der Waals surface area contributed by atoms with Crippen LogP contribution in [0.15, 0.2) is 46.9 Å². The van der Waals surface area contributed by atoms with Gasteiger partial charge in [0.25, 0.3) is 0 Å². The topological polar surface area (TPSA) is 93.8 Å². The Bertz CT molecular complexity index is 1080. The van der Waals surface area contributed by atoms with E-state index in [0.29, 0.717) is 30.9 Å². The molecule has 1 amide bonds. The number of nitrogens with zero attached hydrogens (tertiary/aromatic N) is 1. The highest BCUT2D eigenvalue weighted by Crippen LogP contribution is 2.27. The molecule has 2 aromatic carbocycles. The number of fused-ring (bicyclic) bond motifs is 1. The molecule has 0 fully saturated rings. The zero-order valence-corrected chi connectivity index (χ0v) is 20.8. The standard InChI is InChI=1S/C27H36N2O5/c1-6-7-16-32-21-11-9-20(10-12-21)24-28-22-17-19(8-13-23(22)33-24)14-15-27(5,18-30)29-25(31)34-26(2,3)4/h8-13,17,30H,6-7,14-16,18H2,1-5H3,(H,29,31). The van der Waals surface area contributed by atoms with Gasteiger partial charge in [-0.05, 0) is 88.9 Å². The molecule has 0 saturated heterocycles. The lowest BCUT2D eigenvalue weighted by Crippen LogP contribution is -2.50. The number of carbonyl (C=O) groups is 1. The summed E-state index contributed by atoms with van der Waals surface area (Å²) < 4.78 is 17.0. The highest BCUT2D eigenvalue weighted by molar-refractivity contribution is 5.77. The van der Waals surface area contributed by atoms with Crippen LogP contribution in [0.3, 0.4) is 0 Å². The number of aliphatic hydroxyl groups is 1. The Morgan fingerprint density at radius 3 is 2.50 bits per heavy atom. The summed E-state index contributed by atoms with van der Waals surface area (Å²) in [6.45, 7) is 9.88. The molecular formula is C27H36N2O5. The minimum absolute atomic E-state index is 0.194. The predicted molar refractivity (Wildman–Crippen MR) is 133 cm³/mol. The van der Waals surface area contributed by atoms with Gasteiger partial charge in [-0.1, -0.05) is 19.4 Å². The SMILES string of the molecule is CCCCOc1ccc(-c2nc3cc(CCC(C)(CO)NC(=O)OC(C)(C)C)ccc3o2)cc1. The highest BCUT2D eigenvalue weighted by atomic mass is 16.6. The third kappa shape index (κ3) is 7.22. The fourth-order valence-electron chi connectivity index (χ4n) is 3.43. The lowest BCUT2D eigenvalue weighted by Gasteiger charge is -2.30. The maximum atomic E-state index is 12.2. The number of aliphatic hydroxyl groups excluding tert-OH is 1. The number of amides is 1. The Kier molecular flexibility index (Phi) is 8.20. The first kappa shape index (κ1) is 25.6. The molecule has 7 nitrogen and oxygen atoms in total. The quantitative estimate of drug-likeness (QED) is 0.361. The molecule has 1 heterocycles. The van der Waals surface area contributed by atoms with Crippen LogP contribution in [0.4, 0.5) is 4.79 Å². The van der Waals surface area contributed by atoms with Crippen molar-refractivity contribution < 1.29 is 23.8 Å². The Morgan fingerprint density at radius 2 is 1.85 bits per heavy atom. The molecule has 3 aromatic rings. The van der Waals surface area contributed by atoms with Gasteiger partial charge in [-0.3, -0.25) is 0 Å². The summed E-state index contributed by atoms with van der Waals surface area (Å²) in [6, 6.07) is 13.6. The smallest absolute Gasteiger partial charge is 0.408 e. The first-order valence-corrected chi connectivity index (χ1v) is 11.9. The van der Waals surface area contributed by atoms with E-state index in [0.717, 1.165) is 35.2 Å². The van der Waals surface area contributed by atoms with Crippen molar-refractivity contribution in [2.45, 2.75) is 71.4 Å². The van der Waals surface area contributed by atoms with E-state index < -0.39 is 17.2 Å². The number of aryl methyl sites for hydroxylation is 1. The van der Waals surface area contributed by atoms with Gasteiger partial charge in [-0.25, -0.2) is 9.78 Å². The molecule has 1 atom stereocenters. The van der Waals surface area contributed by atoms with Gasteiger partial charge in [0, 0.05) is 5.56 Å². The van der Waals surface area contributed by atoms with E-state index >= 15 is 0 Å². The van der Waals surface area contributed by atoms with E-state index in [1.54, 1.807) is 27.7 Å². The second-order valence-corrected chi connectivity index (χ2v) is 9.89. The summed E-state index contributed by atoms with van der Waals surface area (Å²) in [7, 11) is 0. The van der Waals surface area contributed by atoms with Crippen molar-refractivity contribution in [1.29, 1.82) is 0 Å². The molecule has 0 radical (unpaired) electrons. The third-order valence-corrected chi connectivity index (χ3v) is 5.44. The molecule has 0 saturated carbocycles. The number of aromatic nitrogens is 1. The number of hydrogen-bond donors (Lipinski definition) is 2. The molecule has 0 aliphatic heterocycles. The molecule has 1 aromatic heterocycles. The number of ether oxygens (including phenoxy) is 2. The summed E-state index contributed by atoms with van der Waals surface area (Å²) in [5.74, 6) is 1.39. The van der Waals surface area contributed by atoms with Gasteiger partial charge in [-0.15, -0.1) is 0 Å². The van der Waals surface area contributed by atoms with E-state index in [2.05, 4.69) is 17.2 Å². The molecular weight excluding hydrogens is 432 g/mol. The van der Waals surface area contributed by atoms with Crippen LogP contribution in [-0.2, 0) is 11.2 Å². The zero-order valence-electron chi connectivity index (χ0n) is 20.8. The van der Waals surface area contributed by atoms with E-state index in [9.17, 15) is 9.90 Å². The van der Waals surface area contributed by atoms with Crippen molar-refractivity contribution in [1.82, 2.24) is 10.3 Å². The Labute approximate surface area is 201 Å². The molecule has 0 bridgehead atoms. The zero-order chi connectivity index (χ0) is 24.8. The van der Waals surface area contributed by atoms with Crippen LogP contribution in [0.25, 0.3) is 22.6 Å². The van der Waals surface area contributed by atoms with Gasteiger partial charge in [0.2, 0.25) is 5.89 Å². The van der Waals surface area contributed by atoms with E-state index in [1.807, 2.05) is 42.5 Å². The molecule has 3 rings (SSSR count). The molecule has 0 spiro atoms. The van der Waals surface area contributed by atoms with Crippen molar-refractivity contribution in [3.8, 4) is 17.2 Å². The summed E-state index contributed by atoms with van der Waals surface area (Å²) >= 11 is 0. The minimum Gasteiger partial charge on any atom is -0.494 e. The summed E-state index contributed by atoms with van der Waals surface area (Å²) in [5.41, 5.74) is 2.00. The molecule has 7 heteroatoms. The van der Waals surface area contributed by atoms with Crippen molar-refractivity contribution in [3.05, 3.63) is 48.0 Å². The van der Waals surface area contributed by atoms with Gasteiger partial charge in [0.05, 0.1) is 18.8 Å². The fourth-order valence-corrected chi connectivity index (χ4v) is 3.43. The number of alkyl carbamates (subject to hydrolysis) is 1. The average molecular weight is 469 g/mol. The van der Waals surface area contributed by atoms with Crippen LogP contribution < -0.4 is 10.1 Å². The van der Waals surface area contributed by atoms with Crippen molar-refractivity contribution in [2.75, 3.05) is 13.2 Å². The molecule has 1 unspecified atom stereocenters. The van der Waals surface area contributed by atoms with Crippen LogP contribution in [0.5, 0.6) is 5.75 Å². The van der Waals surface area contributed by atoms with Gasteiger partial charge >= 0.3 is 6.09 Å². The number of rotatable bonds is 10. The number of unbranched alkanes of at least 4 members (excludes halogenated alkanes) is 1. The second-order valence-electron chi connectivity index (χ2n) is 9.89. The van der Waals surface area contributed by atoms with Crippen molar-refractivity contribution >= 4 is 17.2 Å². The van der Waals surface area contributed by atoms with E-state index in [1.165, 1.54) is 0 Å². The van der Waals surface area contributed by atoms with Crippen molar-refractivity contribution in [2.24, 2.45) is 0 Å². The third-order valence-electron chi connectivity index (χ3n) is 5.44. The monoisotopic (exact) mass is 468 g/mol. The lowest BCUT2D eigenvalue weighted by atomic mass is 9.94. The molecule has 2 N–H and O–H groups in total. The van der Waals surface area contributed by atoms with Crippen LogP contribution in [0, 0.1) is 0 Å². The van der Waals surface area contributed by atoms with Gasteiger partial charge in [0.15, 0.2) is 5.58 Å². The van der Waals surface area contributed by atoms with Crippen LogP contribution >= 0.6 is 0 Å². The largest absolute Gasteiger partial charge is 0.494 e. The van der Waals surface area contributed by atoms with Gasteiger partial charge in [-0.2, -0.15) is 0 Å². The van der Waals surface area contributed by atoms with E-state index in [-0.39, 0.29) is 6.61 Å². The average Bonchev–Trinajstić information content (AvgIpc) is 3.20. The Balaban J connectivity index is 1.66. The minimum atomic E-state index is -0.798. The highest BCUT2D eigenvalue weighted by Gasteiger charge is 2.28. The maximum absolute atomic E-state index is 12.2. The molecule has 0 aliphatic rings. The molecule has 34 heavy (non-hydrogen) atoms. The van der Waals surface area contributed by atoms with Gasteiger partial charge < -0.3 is 24.3 Å².